The molecule has 0 aliphatic carbocycles. The van der Waals surface area contributed by atoms with Crippen LogP contribution in [0.25, 0.3) is 22.0 Å². The molecule has 0 unspecified atom stereocenters. The summed E-state index contributed by atoms with van der Waals surface area (Å²) in [4.78, 5) is 8.06. The van der Waals surface area contributed by atoms with Gasteiger partial charge in [-0.2, -0.15) is 13.2 Å². The van der Waals surface area contributed by atoms with Crippen LogP contribution in [0.1, 0.15) is 5.56 Å². The summed E-state index contributed by atoms with van der Waals surface area (Å²) < 4.78 is 78.2. The van der Waals surface area contributed by atoms with Crippen molar-refractivity contribution in [1.29, 1.82) is 0 Å². The van der Waals surface area contributed by atoms with Crippen molar-refractivity contribution in [3.05, 3.63) is 59.7 Å². The van der Waals surface area contributed by atoms with Crippen LogP contribution < -0.4 is 14.2 Å². The monoisotopic (exact) mass is 495 g/mol. The number of hydrogen-bond donors (Lipinski definition) is 1. The van der Waals surface area contributed by atoms with E-state index >= 15 is 0 Å². The van der Waals surface area contributed by atoms with Gasteiger partial charge < -0.3 is 9.47 Å². The lowest BCUT2D eigenvalue weighted by Crippen LogP contribution is -2.13. The van der Waals surface area contributed by atoms with Crippen molar-refractivity contribution in [2.75, 3.05) is 18.9 Å². The molecular formula is C21H16F3N3O4S2. The number of fused-ring (bicyclic) bond motifs is 1. The number of sulfonamides is 1. The normalized spacial score (nSPS) is 12.0. The van der Waals surface area contributed by atoms with E-state index in [0.717, 1.165) is 23.5 Å². The van der Waals surface area contributed by atoms with Crippen LogP contribution in [-0.4, -0.2) is 32.6 Å². The molecule has 0 bridgehead atoms. The van der Waals surface area contributed by atoms with Crippen LogP contribution >= 0.6 is 11.3 Å². The molecule has 33 heavy (non-hydrogen) atoms. The molecule has 172 valence electrons. The van der Waals surface area contributed by atoms with Crippen LogP contribution in [0.15, 0.2) is 59.1 Å². The lowest BCUT2D eigenvalue weighted by Gasteiger charge is -2.16. The standard InChI is InChI=1S/C21H16F3N3O4S2/c1-30-17-9-12(21(22,23)24)3-4-14(17)15-5-6-25-16-10-13(11-18(31-2)19(15)16)33(28,29)27-20-26-7-8-32-20/h3-11H,1-2H3,(H,26,27). The summed E-state index contributed by atoms with van der Waals surface area (Å²) >= 11 is 1.12. The summed E-state index contributed by atoms with van der Waals surface area (Å²) in [6.45, 7) is 0. The smallest absolute Gasteiger partial charge is 0.416 e. The van der Waals surface area contributed by atoms with E-state index < -0.39 is 21.8 Å². The first kappa shape index (κ1) is 22.8. The Morgan fingerprint density at radius 1 is 0.939 bits per heavy atom. The molecule has 2 aromatic carbocycles. The zero-order valence-corrected chi connectivity index (χ0v) is 18.8. The van der Waals surface area contributed by atoms with Gasteiger partial charge in [0.2, 0.25) is 0 Å². The number of hydrogen-bond acceptors (Lipinski definition) is 7. The Morgan fingerprint density at radius 3 is 2.33 bits per heavy atom. The van der Waals surface area contributed by atoms with Crippen LogP contribution in [0.2, 0.25) is 0 Å². The first-order chi connectivity index (χ1) is 15.6. The molecule has 0 spiro atoms. The van der Waals surface area contributed by atoms with Gasteiger partial charge in [-0.05, 0) is 24.3 Å². The molecule has 0 aliphatic rings. The second-order valence-corrected chi connectivity index (χ2v) is 9.31. The van der Waals surface area contributed by atoms with E-state index in [1.54, 1.807) is 11.4 Å². The third-order valence-electron chi connectivity index (χ3n) is 4.78. The summed E-state index contributed by atoms with van der Waals surface area (Å²) in [6, 6.07) is 7.43. The third kappa shape index (κ3) is 4.44. The molecule has 4 rings (SSSR count). The van der Waals surface area contributed by atoms with Crippen LogP contribution in [0.5, 0.6) is 11.5 Å². The summed E-state index contributed by atoms with van der Waals surface area (Å²) in [6.07, 6.45) is -1.63. The average Bonchev–Trinajstić information content (AvgIpc) is 3.29. The molecule has 7 nitrogen and oxygen atoms in total. The fourth-order valence-electron chi connectivity index (χ4n) is 3.30. The Bertz CT molecular complexity index is 1420. The van der Waals surface area contributed by atoms with E-state index in [9.17, 15) is 21.6 Å². The number of benzene rings is 2. The number of aromatic nitrogens is 2. The van der Waals surface area contributed by atoms with Gasteiger partial charge in [-0.3, -0.25) is 9.71 Å². The second kappa shape index (κ2) is 8.52. The van der Waals surface area contributed by atoms with E-state index in [2.05, 4.69) is 14.7 Å². The lowest BCUT2D eigenvalue weighted by atomic mass is 9.98. The van der Waals surface area contributed by atoms with Gasteiger partial charge in [-0.25, -0.2) is 13.4 Å². The van der Waals surface area contributed by atoms with Gasteiger partial charge in [-0.1, -0.05) is 6.07 Å². The Labute approximate surface area is 190 Å². The minimum atomic E-state index is -4.53. The Hall–Kier alpha value is -3.38. The summed E-state index contributed by atoms with van der Waals surface area (Å²) in [5.74, 6) is 0.179. The van der Waals surface area contributed by atoms with E-state index in [0.29, 0.717) is 16.5 Å². The van der Waals surface area contributed by atoms with E-state index in [1.165, 1.54) is 44.8 Å². The van der Waals surface area contributed by atoms with Crippen molar-refractivity contribution in [2.45, 2.75) is 11.1 Å². The largest absolute Gasteiger partial charge is 0.496 e. The number of alkyl halides is 3. The third-order valence-corrected chi connectivity index (χ3v) is 6.92. The number of pyridine rings is 1. The van der Waals surface area contributed by atoms with Gasteiger partial charge >= 0.3 is 6.18 Å². The highest BCUT2D eigenvalue weighted by Crippen LogP contribution is 2.42. The number of halogens is 3. The number of rotatable bonds is 6. The van der Waals surface area contributed by atoms with Crippen molar-refractivity contribution in [1.82, 2.24) is 9.97 Å². The molecule has 4 aromatic rings. The SMILES string of the molecule is COc1cc(C(F)(F)F)ccc1-c1ccnc2cc(S(=O)(=O)Nc3nccs3)cc(OC)c12. The summed E-state index contributed by atoms with van der Waals surface area (Å²) in [7, 11) is -1.36. The van der Waals surface area contributed by atoms with Gasteiger partial charge in [0.15, 0.2) is 5.13 Å². The predicted octanol–water partition coefficient (Wildman–Crippen LogP) is 5.20. The van der Waals surface area contributed by atoms with E-state index in [-0.39, 0.29) is 27.0 Å². The quantitative estimate of drug-likeness (QED) is 0.396. The Kier molecular flexibility index (Phi) is 5.89. The maximum absolute atomic E-state index is 13.1. The maximum atomic E-state index is 13.1. The fraction of sp³-hybridized carbons (Fsp3) is 0.143. The van der Waals surface area contributed by atoms with Crippen LogP contribution in [0.3, 0.4) is 0 Å². The summed E-state index contributed by atoms with van der Waals surface area (Å²) in [5.41, 5.74) is 0.260. The van der Waals surface area contributed by atoms with Crippen LogP contribution in [0.4, 0.5) is 18.3 Å². The average molecular weight is 496 g/mol. The minimum absolute atomic E-state index is 0.00140. The second-order valence-electron chi connectivity index (χ2n) is 6.73. The van der Waals surface area contributed by atoms with Gasteiger partial charge in [0, 0.05) is 35.0 Å². The fourth-order valence-corrected chi connectivity index (χ4v) is 5.13. The molecule has 0 amide bonds. The molecule has 0 saturated heterocycles. The van der Waals surface area contributed by atoms with Crippen molar-refractivity contribution >= 4 is 37.4 Å². The van der Waals surface area contributed by atoms with Gasteiger partial charge in [0.25, 0.3) is 10.0 Å². The topological polar surface area (TPSA) is 90.4 Å². The number of ether oxygens (including phenoxy) is 2. The van der Waals surface area contributed by atoms with Gasteiger partial charge in [0.05, 0.1) is 35.6 Å². The van der Waals surface area contributed by atoms with Crippen molar-refractivity contribution in [2.24, 2.45) is 0 Å². The van der Waals surface area contributed by atoms with E-state index in [1.807, 2.05) is 0 Å². The number of thiazole rings is 1. The molecule has 1 N–H and O–H groups in total. The van der Waals surface area contributed by atoms with Crippen LogP contribution in [-0.2, 0) is 16.2 Å². The Morgan fingerprint density at radius 2 is 1.70 bits per heavy atom. The lowest BCUT2D eigenvalue weighted by molar-refractivity contribution is -0.137. The van der Waals surface area contributed by atoms with Crippen molar-refractivity contribution in [3.63, 3.8) is 0 Å². The molecule has 2 aromatic heterocycles. The predicted molar refractivity (Wildman–Crippen MR) is 118 cm³/mol. The molecule has 0 saturated carbocycles. The zero-order chi connectivity index (χ0) is 23.8. The number of methoxy groups -OCH3 is 2. The first-order valence-corrected chi connectivity index (χ1v) is 11.6. The summed E-state index contributed by atoms with van der Waals surface area (Å²) in [5, 5.41) is 2.25. The molecule has 0 atom stereocenters. The zero-order valence-electron chi connectivity index (χ0n) is 17.2. The number of nitrogens with zero attached hydrogens (tertiary/aromatic N) is 2. The number of nitrogens with one attached hydrogen (secondary N) is 1. The van der Waals surface area contributed by atoms with Gasteiger partial charge in [-0.15, -0.1) is 11.3 Å². The molecule has 12 heteroatoms. The molecule has 0 aliphatic heterocycles. The minimum Gasteiger partial charge on any atom is -0.496 e. The molecule has 0 radical (unpaired) electrons. The highest BCUT2D eigenvalue weighted by molar-refractivity contribution is 7.93. The molecule has 2 heterocycles. The molecule has 0 fully saturated rings. The van der Waals surface area contributed by atoms with Crippen molar-refractivity contribution < 1.29 is 31.1 Å². The molecular weight excluding hydrogens is 479 g/mol. The van der Waals surface area contributed by atoms with Crippen LogP contribution in [0, 0.1) is 0 Å². The van der Waals surface area contributed by atoms with E-state index in [4.69, 9.17) is 9.47 Å². The van der Waals surface area contributed by atoms with Gasteiger partial charge in [0.1, 0.15) is 11.5 Å². The highest BCUT2D eigenvalue weighted by atomic mass is 32.2. The number of anilines is 1. The Balaban J connectivity index is 1.89. The first-order valence-electron chi connectivity index (χ1n) is 9.28. The highest BCUT2D eigenvalue weighted by Gasteiger charge is 2.31. The maximum Gasteiger partial charge on any atom is 0.416 e. The van der Waals surface area contributed by atoms with Crippen molar-refractivity contribution in [3.8, 4) is 22.6 Å².